The summed E-state index contributed by atoms with van der Waals surface area (Å²) in [7, 11) is 0. The van der Waals surface area contributed by atoms with Crippen LogP contribution in [0.25, 0.3) is 0 Å². The van der Waals surface area contributed by atoms with Gasteiger partial charge in [-0.05, 0) is 63.7 Å². The van der Waals surface area contributed by atoms with E-state index < -0.39 is 5.60 Å². The number of hydrogen-bond acceptors (Lipinski definition) is 7. The minimum Gasteiger partial charge on any atom is -0.492 e. The highest BCUT2D eigenvalue weighted by Gasteiger charge is 2.47. The number of carbonyl (C=O) groups is 1. The van der Waals surface area contributed by atoms with Gasteiger partial charge in [0.2, 0.25) is 5.95 Å². The predicted molar refractivity (Wildman–Crippen MR) is 132 cm³/mol. The van der Waals surface area contributed by atoms with Crippen LogP contribution in [0.2, 0.25) is 0 Å². The number of nitrogens with zero attached hydrogens (tertiary/aromatic N) is 3. The molecule has 0 unspecified atom stereocenters. The number of hydrogen-bond donors (Lipinski definition) is 1. The van der Waals surface area contributed by atoms with E-state index in [0.29, 0.717) is 44.0 Å². The number of anilines is 1. The van der Waals surface area contributed by atoms with Gasteiger partial charge in [0, 0.05) is 43.6 Å². The molecule has 8 heteroatoms. The molecule has 2 fully saturated rings. The Balaban J connectivity index is 1.12. The van der Waals surface area contributed by atoms with Crippen LogP contribution in [-0.4, -0.2) is 60.2 Å². The summed E-state index contributed by atoms with van der Waals surface area (Å²) in [5, 5.41) is 0. The first-order chi connectivity index (χ1) is 17.1. The van der Waals surface area contributed by atoms with Crippen LogP contribution in [0.4, 0.5) is 5.95 Å². The monoisotopic (exact) mass is 478 g/mol. The van der Waals surface area contributed by atoms with E-state index in [1.54, 1.807) is 0 Å². The Morgan fingerprint density at radius 2 is 1.80 bits per heavy atom. The Bertz CT molecular complexity index is 1160. The SMILES string of the molecule is O=C1OC2(CCN(c3nc4c(c(=O)[nH]3)CCCC4)CC2)c2ccc(OCCN3CCCCC3)cc21. The van der Waals surface area contributed by atoms with Crippen molar-refractivity contribution in [2.24, 2.45) is 0 Å². The molecule has 186 valence electrons. The smallest absolute Gasteiger partial charge is 0.339 e. The van der Waals surface area contributed by atoms with E-state index in [9.17, 15) is 9.59 Å². The van der Waals surface area contributed by atoms with Gasteiger partial charge in [0.25, 0.3) is 5.56 Å². The first-order valence-corrected chi connectivity index (χ1v) is 13.2. The number of likely N-dealkylation sites (tertiary alicyclic amines) is 1. The Kier molecular flexibility index (Phi) is 6.00. The largest absolute Gasteiger partial charge is 0.492 e. The van der Waals surface area contributed by atoms with Gasteiger partial charge in [0.05, 0.1) is 11.3 Å². The second kappa shape index (κ2) is 9.30. The highest BCUT2D eigenvalue weighted by Crippen LogP contribution is 2.45. The van der Waals surface area contributed by atoms with Crippen LogP contribution in [-0.2, 0) is 23.2 Å². The maximum absolute atomic E-state index is 12.8. The zero-order chi connectivity index (χ0) is 23.8. The lowest BCUT2D eigenvalue weighted by Crippen LogP contribution is -2.44. The molecule has 1 spiro atoms. The molecule has 1 N–H and O–H groups in total. The van der Waals surface area contributed by atoms with Crippen molar-refractivity contribution >= 4 is 11.9 Å². The summed E-state index contributed by atoms with van der Waals surface area (Å²) in [4.78, 5) is 37.7. The number of benzene rings is 1. The number of aromatic amines is 1. The molecule has 0 radical (unpaired) electrons. The molecule has 4 heterocycles. The van der Waals surface area contributed by atoms with Crippen molar-refractivity contribution in [2.45, 2.75) is 63.4 Å². The molecule has 8 nitrogen and oxygen atoms in total. The van der Waals surface area contributed by atoms with E-state index in [4.69, 9.17) is 14.5 Å². The van der Waals surface area contributed by atoms with Gasteiger partial charge in [-0.3, -0.25) is 14.7 Å². The molecule has 0 saturated carbocycles. The van der Waals surface area contributed by atoms with E-state index in [2.05, 4.69) is 14.8 Å². The minimum atomic E-state index is -0.607. The third kappa shape index (κ3) is 4.33. The minimum absolute atomic E-state index is 0.00422. The average Bonchev–Trinajstić information content (AvgIpc) is 3.15. The topological polar surface area (TPSA) is 87.8 Å². The van der Waals surface area contributed by atoms with Crippen LogP contribution in [0, 0.1) is 0 Å². The lowest BCUT2D eigenvalue weighted by Gasteiger charge is -2.39. The summed E-state index contributed by atoms with van der Waals surface area (Å²) in [5.41, 5.74) is 2.76. The first-order valence-electron chi connectivity index (χ1n) is 13.2. The van der Waals surface area contributed by atoms with E-state index in [-0.39, 0.29) is 11.5 Å². The van der Waals surface area contributed by atoms with Gasteiger partial charge in [-0.25, -0.2) is 9.78 Å². The second-order valence-electron chi connectivity index (χ2n) is 10.4. The van der Waals surface area contributed by atoms with Crippen LogP contribution >= 0.6 is 0 Å². The van der Waals surface area contributed by atoms with E-state index in [1.807, 2.05) is 18.2 Å². The summed E-state index contributed by atoms with van der Waals surface area (Å²) < 4.78 is 12.0. The van der Waals surface area contributed by atoms with Gasteiger partial charge in [-0.1, -0.05) is 12.5 Å². The Labute approximate surface area is 205 Å². The molecule has 1 aromatic heterocycles. The van der Waals surface area contributed by atoms with Crippen molar-refractivity contribution in [1.29, 1.82) is 0 Å². The molecule has 3 aliphatic heterocycles. The van der Waals surface area contributed by atoms with Gasteiger partial charge in [0.15, 0.2) is 0 Å². The number of H-pyrrole nitrogens is 1. The number of rotatable bonds is 5. The fourth-order valence-electron chi connectivity index (χ4n) is 6.13. The third-order valence-electron chi connectivity index (χ3n) is 8.16. The summed E-state index contributed by atoms with van der Waals surface area (Å²) in [6.45, 7) is 5.17. The molecule has 4 aliphatic rings. The maximum atomic E-state index is 12.8. The van der Waals surface area contributed by atoms with E-state index in [1.165, 1.54) is 19.3 Å². The highest BCUT2D eigenvalue weighted by atomic mass is 16.6. The maximum Gasteiger partial charge on any atom is 0.339 e. The van der Waals surface area contributed by atoms with Crippen LogP contribution in [0.1, 0.15) is 72.1 Å². The third-order valence-corrected chi connectivity index (χ3v) is 8.16. The fourth-order valence-corrected chi connectivity index (χ4v) is 6.13. The average molecular weight is 479 g/mol. The molecule has 6 rings (SSSR count). The first kappa shape index (κ1) is 22.6. The zero-order valence-corrected chi connectivity index (χ0v) is 20.3. The number of ether oxygens (including phenoxy) is 2. The number of esters is 1. The number of fused-ring (bicyclic) bond motifs is 3. The van der Waals surface area contributed by atoms with Crippen molar-refractivity contribution in [2.75, 3.05) is 44.2 Å². The number of piperidine rings is 2. The molecule has 35 heavy (non-hydrogen) atoms. The quantitative estimate of drug-likeness (QED) is 0.661. The van der Waals surface area contributed by atoms with Gasteiger partial charge < -0.3 is 14.4 Å². The van der Waals surface area contributed by atoms with Gasteiger partial charge in [-0.15, -0.1) is 0 Å². The van der Waals surface area contributed by atoms with Crippen molar-refractivity contribution in [3.05, 3.63) is 50.9 Å². The summed E-state index contributed by atoms with van der Waals surface area (Å²) in [5.74, 6) is 1.10. The standard InChI is InChI=1S/C27H34N4O4/c32-24-20-6-2-3-7-23(20)28-26(29-24)31-14-10-27(11-15-31)22-9-8-19(18-21(22)25(33)35-27)34-17-16-30-12-4-1-5-13-30/h8-9,18H,1-7,10-17H2,(H,28,29,32). The molecule has 0 bridgehead atoms. The molecular formula is C27H34N4O4. The molecule has 2 aromatic rings. The summed E-state index contributed by atoms with van der Waals surface area (Å²) >= 11 is 0. The van der Waals surface area contributed by atoms with Crippen LogP contribution in [0.15, 0.2) is 23.0 Å². The zero-order valence-electron chi connectivity index (χ0n) is 20.3. The highest BCUT2D eigenvalue weighted by molar-refractivity contribution is 5.95. The Morgan fingerprint density at radius 1 is 1.00 bits per heavy atom. The number of aromatic nitrogens is 2. The number of aryl methyl sites for hydroxylation is 1. The van der Waals surface area contributed by atoms with Crippen molar-refractivity contribution in [3.63, 3.8) is 0 Å². The van der Waals surface area contributed by atoms with Crippen molar-refractivity contribution in [3.8, 4) is 5.75 Å². The van der Waals surface area contributed by atoms with Crippen LogP contribution in [0.3, 0.4) is 0 Å². The van der Waals surface area contributed by atoms with Crippen molar-refractivity contribution in [1.82, 2.24) is 14.9 Å². The molecule has 1 aliphatic carbocycles. The fraction of sp³-hybridized carbons (Fsp3) is 0.593. The normalized spacial score (nSPS) is 21.5. The Morgan fingerprint density at radius 3 is 2.63 bits per heavy atom. The summed E-state index contributed by atoms with van der Waals surface area (Å²) in [6, 6.07) is 5.82. The lowest BCUT2D eigenvalue weighted by molar-refractivity contribution is -0.0211. The van der Waals surface area contributed by atoms with Gasteiger partial charge in [-0.2, -0.15) is 0 Å². The second-order valence-corrected chi connectivity index (χ2v) is 10.4. The number of carbonyl (C=O) groups excluding carboxylic acids is 1. The van der Waals surface area contributed by atoms with Crippen LogP contribution < -0.4 is 15.2 Å². The molecular weight excluding hydrogens is 444 g/mol. The van der Waals surface area contributed by atoms with Crippen LogP contribution in [0.5, 0.6) is 5.75 Å². The summed E-state index contributed by atoms with van der Waals surface area (Å²) in [6.07, 6.45) is 9.03. The van der Waals surface area contributed by atoms with Crippen molar-refractivity contribution < 1.29 is 14.3 Å². The molecule has 1 aromatic carbocycles. The predicted octanol–water partition coefficient (Wildman–Crippen LogP) is 3.18. The molecule has 2 saturated heterocycles. The Hall–Kier alpha value is -2.87. The number of nitrogens with one attached hydrogen (secondary N) is 1. The lowest BCUT2D eigenvalue weighted by atomic mass is 9.84. The van der Waals surface area contributed by atoms with Gasteiger partial charge in [0.1, 0.15) is 18.0 Å². The van der Waals surface area contributed by atoms with E-state index in [0.717, 1.165) is 67.9 Å². The van der Waals surface area contributed by atoms with Gasteiger partial charge >= 0.3 is 5.97 Å². The van der Waals surface area contributed by atoms with E-state index >= 15 is 0 Å². The molecule has 0 atom stereocenters. The molecule has 0 amide bonds.